The fourth-order valence-corrected chi connectivity index (χ4v) is 3.04. The molecular weight excluding hydrogens is 270 g/mol. The monoisotopic (exact) mass is 285 g/mol. The molecule has 2 atom stereocenters. The fourth-order valence-electron chi connectivity index (χ4n) is 3.04. The van der Waals surface area contributed by atoms with E-state index in [9.17, 15) is 4.79 Å². The SMILES string of the molecule is O=C(c1ccncc1)N1CC[C@H]2OCc3cnnn3[C@@H]2C1. The minimum Gasteiger partial charge on any atom is -0.370 e. The summed E-state index contributed by atoms with van der Waals surface area (Å²) in [5, 5.41) is 8.09. The molecule has 108 valence electrons. The summed E-state index contributed by atoms with van der Waals surface area (Å²) >= 11 is 0. The molecular formula is C14H15N5O2. The standard InChI is InChI=1S/C14H15N5O2/c20-14(10-1-4-15-5-2-10)18-6-3-13-12(8-18)19-11(9-21-13)7-16-17-19/h1-2,4-5,7,12-13H,3,6,8-9H2/t12-,13-/m1/s1. The molecule has 21 heavy (non-hydrogen) atoms. The van der Waals surface area contributed by atoms with E-state index in [0.717, 1.165) is 12.1 Å². The summed E-state index contributed by atoms with van der Waals surface area (Å²) in [7, 11) is 0. The van der Waals surface area contributed by atoms with Gasteiger partial charge in [-0.1, -0.05) is 5.21 Å². The summed E-state index contributed by atoms with van der Waals surface area (Å²) in [4.78, 5) is 18.3. The molecule has 2 aromatic rings. The number of pyridine rings is 1. The van der Waals surface area contributed by atoms with Gasteiger partial charge in [-0.05, 0) is 18.6 Å². The van der Waals surface area contributed by atoms with Crippen molar-refractivity contribution in [2.24, 2.45) is 0 Å². The second-order valence-corrected chi connectivity index (χ2v) is 5.36. The second kappa shape index (κ2) is 4.92. The van der Waals surface area contributed by atoms with Gasteiger partial charge in [0.05, 0.1) is 30.6 Å². The van der Waals surface area contributed by atoms with Gasteiger partial charge in [0.25, 0.3) is 5.91 Å². The van der Waals surface area contributed by atoms with Crippen molar-refractivity contribution in [3.63, 3.8) is 0 Å². The van der Waals surface area contributed by atoms with Crippen LogP contribution in [0.4, 0.5) is 0 Å². The minimum atomic E-state index is 0.0306. The van der Waals surface area contributed by atoms with Gasteiger partial charge in [0.2, 0.25) is 0 Å². The predicted octanol–water partition coefficient (Wildman–Crippen LogP) is 0.659. The van der Waals surface area contributed by atoms with Gasteiger partial charge in [-0.2, -0.15) is 0 Å². The normalized spacial score (nSPS) is 24.3. The highest BCUT2D eigenvalue weighted by Gasteiger charge is 2.37. The number of carbonyl (C=O) groups is 1. The van der Waals surface area contributed by atoms with Gasteiger partial charge in [-0.3, -0.25) is 9.78 Å². The molecule has 2 aliphatic rings. The number of hydrogen-bond acceptors (Lipinski definition) is 5. The van der Waals surface area contributed by atoms with Crippen LogP contribution < -0.4 is 0 Å². The fraction of sp³-hybridized carbons (Fsp3) is 0.429. The third-order valence-electron chi connectivity index (χ3n) is 4.14. The Balaban J connectivity index is 1.58. The highest BCUT2D eigenvalue weighted by molar-refractivity contribution is 5.94. The first-order valence-electron chi connectivity index (χ1n) is 7.03. The quantitative estimate of drug-likeness (QED) is 0.769. The lowest BCUT2D eigenvalue weighted by molar-refractivity contribution is -0.0605. The lowest BCUT2D eigenvalue weighted by Gasteiger charge is -2.41. The van der Waals surface area contributed by atoms with Crippen LogP contribution in [0.1, 0.15) is 28.5 Å². The van der Waals surface area contributed by atoms with Gasteiger partial charge in [0.15, 0.2) is 0 Å². The maximum Gasteiger partial charge on any atom is 0.254 e. The average Bonchev–Trinajstić information content (AvgIpc) is 3.03. The summed E-state index contributed by atoms with van der Waals surface area (Å²) < 4.78 is 7.75. The lowest BCUT2D eigenvalue weighted by atomic mass is 9.99. The second-order valence-electron chi connectivity index (χ2n) is 5.36. The van der Waals surface area contributed by atoms with Crippen LogP contribution in [0.25, 0.3) is 0 Å². The lowest BCUT2D eigenvalue weighted by Crippen LogP contribution is -2.49. The summed E-state index contributed by atoms with van der Waals surface area (Å²) in [5.41, 5.74) is 1.63. The highest BCUT2D eigenvalue weighted by Crippen LogP contribution is 2.30. The third-order valence-corrected chi connectivity index (χ3v) is 4.14. The van der Waals surface area contributed by atoms with Gasteiger partial charge in [-0.25, -0.2) is 4.68 Å². The number of fused-ring (bicyclic) bond motifs is 3. The molecule has 0 N–H and O–H groups in total. The number of piperidine rings is 1. The number of carbonyl (C=O) groups excluding carboxylic acids is 1. The van der Waals surface area contributed by atoms with Crippen LogP contribution in [-0.4, -0.2) is 50.0 Å². The Bertz CT molecular complexity index is 656. The predicted molar refractivity (Wildman–Crippen MR) is 72.4 cm³/mol. The Labute approximate surface area is 121 Å². The Hall–Kier alpha value is -2.28. The van der Waals surface area contributed by atoms with Crippen LogP contribution in [-0.2, 0) is 11.3 Å². The molecule has 1 saturated heterocycles. The van der Waals surface area contributed by atoms with Crippen molar-refractivity contribution < 1.29 is 9.53 Å². The van der Waals surface area contributed by atoms with E-state index in [1.54, 1.807) is 30.7 Å². The van der Waals surface area contributed by atoms with E-state index in [2.05, 4.69) is 15.3 Å². The Morgan fingerprint density at radius 2 is 2.19 bits per heavy atom. The summed E-state index contributed by atoms with van der Waals surface area (Å²) in [6.45, 7) is 1.85. The largest absolute Gasteiger partial charge is 0.370 e. The Kier molecular flexibility index (Phi) is 2.92. The van der Waals surface area contributed by atoms with E-state index in [1.807, 2.05) is 9.58 Å². The van der Waals surface area contributed by atoms with Crippen molar-refractivity contribution in [1.82, 2.24) is 24.9 Å². The molecule has 4 rings (SSSR count). The van der Waals surface area contributed by atoms with Crippen LogP contribution in [0.5, 0.6) is 0 Å². The molecule has 2 aliphatic heterocycles. The molecule has 4 heterocycles. The summed E-state index contributed by atoms with van der Waals surface area (Å²) in [6.07, 6.45) is 5.93. The van der Waals surface area contributed by atoms with E-state index in [0.29, 0.717) is 25.3 Å². The number of nitrogens with zero attached hydrogens (tertiary/aromatic N) is 5. The van der Waals surface area contributed by atoms with E-state index in [4.69, 9.17) is 4.74 Å². The van der Waals surface area contributed by atoms with Gasteiger partial charge in [0, 0.05) is 31.0 Å². The van der Waals surface area contributed by atoms with Crippen molar-refractivity contribution in [1.29, 1.82) is 0 Å². The number of rotatable bonds is 1. The van der Waals surface area contributed by atoms with Crippen LogP contribution in [0.2, 0.25) is 0 Å². The van der Waals surface area contributed by atoms with Crippen LogP contribution in [0, 0.1) is 0 Å². The van der Waals surface area contributed by atoms with Crippen molar-refractivity contribution in [3.8, 4) is 0 Å². The van der Waals surface area contributed by atoms with Gasteiger partial charge >= 0.3 is 0 Å². The van der Waals surface area contributed by atoms with Crippen LogP contribution in [0.3, 0.4) is 0 Å². The van der Waals surface area contributed by atoms with Crippen molar-refractivity contribution in [3.05, 3.63) is 42.0 Å². The molecule has 0 saturated carbocycles. The summed E-state index contributed by atoms with van der Waals surface area (Å²) in [5.74, 6) is 0.0306. The van der Waals surface area contributed by atoms with Crippen molar-refractivity contribution >= 4 is 5.91 Å². The molecule has 2 aromatic heterocycles. The zero-order valence-electron chi connectivity index (χ0n) is 11.4. The Morgan fingerprint density at radius 3 is 3.05 bits per heavy atom. The smallest absolute Gasteiger partial charge is 0.254 e. The Morgan fingerprint density at radius 1 is 1.33 bits per heavy atom. The maximum absolute atomic E-state index is 12.5. The molecule has 0 aromatic carbocycles. The molecule has 1 amide bonds. The van der Waals surface area contributed by atoms with Crippen LogP contribution >= 0.6 is 0 Å². The third kappa shape index (κ3) is 2.09. The number of aromatic nitrogens is 4. The zero-order chi connectivity index (χ0) is 14.2. The van der Waals surface area contributed by atoms with Gasteiger partial charge in [-0.15, -0.1) is 5.10 Å². The van der Waals surface area contributed by atoms with Gasteiger partial charge < -0.3 is 9.64 Å². The first-order valence-corrected chi connectivity index (χ1v) is 7.03. The van der Waals surface area contributed by atoms with Gasteiger partial charge in [0.1, 0.15) is 0 Å². The van der Waals surface area contributed by atoms with Crippen molar-refractivity contribution in [2.75, 3.05) is 13.1 Å². The molecule has 7 heteroatoms. The van der Waals surface area contributed by atoms with E-state index in [-0.39, 0.29) is 18.1 Å². The molecule has 0 aliphatic carbocycles. The maximum atomic E-state index is 12.5. The minimum absolute atomic E-state index is 0.0306. The molecule has 7 nitrogen and oxygen atoms in total. The van der Waals surface area contributed by atoms with E-state index < -0.39 is 0 Å². The molecule has 0 unspecified atom stereocenters. The van der Waals surface area contributed by atoms with Crippen molar-refractivity contribution in [2.45, 2.75) is 25.2 Å². The average molecular weight is 285 g/mol. The first-order chi connectivity index (χ1) is 10.3. The number of amides is 1. The summed E-state index contributed by atoms with van der Waals surface area (Å²) in [6, 6.07) is 3.54. The number of likely N-dealkylation sites (tertiary alicyclic amines) is 1. The molecule has 1 fully saturated rings. The van der Waals surface area contributed by atoms with Crippen LogP contribution in [0.15, 0.2) is 30.7 Å². The van der Waals surface area contributed by atoms with E-state index in [1.165, 1.54) is 0 Å². The number of ether oxygens (including phenoxy) is 1. The molecule has 0 bridgehead atoms. The molecule has 0 spiro atoms. The zero-order valence-corrected chi connectivity index (χ0v) is 11.4. The topological polar surface area (TPSA) is 73.1 Å². The number of hydrogen-bond donors (Lipinski definition) is 0. The highest BCUT2D eigenvalue weighted by atomic mass is 16.5. The molecule has 0 radical (unpaired) electrons. The first kappa shape index (κ1) is 12.5. The van der Waals surface area contributed by atoms with E-state index >= 15 is 0 Å².